The number of phenols is 1. The predicted octanol–water partition coefficient (Wildman–Crippen LogP) is 4.60. The van der Waals surface area contributed by atoms with Crippen molar-refractivity contribution in [3.8, 4) is 11.5 Å². The second-order valence-corrected chi connectivity index (χ2v) is 5.93. The van der Waals surface area contributed by atoms with Crippen LogP contribution in [0.3, 0.4) is 0 Å². The van der Waals surface area contributed by atoms with Gasteiger partial charge in [-0.2, -0.15) is 5.10 Å². The second kappa shape index (κ2) is 7.59. The first kappa shape index (κ1) is 19.2. The molecule has 0 unspecified atom stereocenters. The number of halogens is 3. The first-order valence-corrected chi connectivity index (χ1v) is 8.15. The molecular weight excluding hydrogens is 373 g/mol. The average Bonchev–Trinajstić information content (AvgIpc) is 2.64. The minimum Gasteiger partial charge on any atom is -0.507 e. The highest BCUT2D eigenvalue weighted by atomic mass is 19.4. The molecule has 8 heteroatoms. The van der Waals surface area contributed by atoms with E-state index >= 15 is 0 Å². The van der Waals surface area contributed by atoms with Crippen LogP contribution in [-0.4, -0.2) is 23.1 Å². The molecule has 5 nitrogen and oxygen atoms in total. The summed E-state index contributed by atoms with van der Waals surface area (Å²) < 4.78 is 40.4. The summed E-state index contributed by atoms with van der Waals surface area (Å²) in [4.78, 5) is 12.3. The van der Waals surface area contributed by atoms with Gasteiger partial charge in [0.2, 0.25) is 0 Å². The molecule has 0 atom stereocenters. The first-order valence-electron chi connectivity index (χ1n) is 8.15. The van der Waals surface area contributed by atoms with Crippen LogP contribution in [0, 0.1) is 0 Å². The maximum Gasteiger partial charge on any atom is 0.573 e. The fourth-order valence-corrected chi connectivity index (χ4v) is 2.57. The molecule has 144 valence electrons. The summed E-state index contributed by atoms with van der Waals surface area (Å²) in [6, 6.07) is 15.4. The Bertz CT molecular complexity index is 1040. The van der Waals surface area contributed by atoms with Crippen molar-refractivity contribution in [1.29, 1.82) is 0 Å². The van der Waals surface area contributed by atoms with Crippen molar-refractivity contribution in [1.82, 2.24) is 5.43 Å². The Morgan fingerprint density at radius 1 is 1.04 bits per heavy atom. The highest BCUT2D eigenvalue weighted by molar-refractivity contribution is 6.03. The largest absolute Gasteiger partial charge is 0.573 e. The molecular formula is C20H15F3N2O3. The number of amides is 1. The highest BCUT2D eigenvalue weighted by Gasteiger charge is 2.30. The van der Waals surface area contributed by atoms with Crippen LogP contribution in [0.2, 0.25) is 0 Å². The Balaban J connectivity index is 1.74. The molecule has 3 rings (SSSR count). The number of benzene rings is 3. The molecule has 0 heterocycles. The van der Waals surface area contributed by atoms with E-state index in [4.69, 9.17) is 0 Å². The zero-order valence-electron chi connectivity index (χ0n) is 14.6. The number of alkyl halides is 3. The molecule has 0 spiro atoms. The summed E-state index contributed by atoms with van der Waals surface area (Å²) in [5.74, 6) is -1.15. The van der Waals surface area contributed by atoms with Crippen LogP contribution in [-0.2, 0) is 0 Å². The van der Waals surface area contributed by atoms with Crippen LogP contribution in [0.5, 0.6) is 11.5 Å². The van der Waals surface area contributed by atoms with Crippen LogP contribution in [0.1, 0.15) is 22.8 Å². The number of nitrogens with zero attached hydrogens (tertiary/aromatic N) is 1. The van der Waals surface area contributed by atoms with E-state index in [1.165, 1.54) is 18.2 Å². The maximum atomic E-state index is 12.3. The molecule has 0 radical (unpaired) electrons. The molecule has 0 bridgehead atoms. The quantitative estimate of drug-likeness (QED) is 0.507. The smallest absolute Gasteiger partial charge is 0.507 e. The van der Waals surface area contributed by atoms with Crippen LogP contribution in [0.4, 0.5) is 13.2 Å². The van der Waals surface area contributed by atoms with E-state index in [-0.39, 0.29) is 17.1 Å². The number of rotatable bonds is 4. The predicted molar refractivity (Wildman–Crippen MR) is 98.4 cm³/mol. The Kier molecular flexibility index (Phi) is 5.21. The molecule has 1 amide bonds. The van der Waals surface area contributed by atoms with Gasteiger partial charge in [-0.25, -0.2) is 5.43 Å². The molecule has 0 saturated carbocycles. The van der Waals surface area contributed by atoms with Crippen molar-refractivity contribution < 1.29 is 27.8 Å². The summed E-state index contributed by atoms with van der Waals surface area (Å²) in [7, 11) is 0. The van der Waals surface area contributed by atoms with Crippen LogP contribution >= 0.6 is 0 Å². The Hall–Kier alpha value is -3.55. The first-order chi connectivity index (χ1) is 13.2. The lowest BCUT2D eigenvalue weighted by atomic mass is 10.1. The van der Waals surface area contributed by atoms with Crippen molar-refractivity contribution in [3.63, 3.8) is 0 Å². The third kappa shape index (κ3) is 4.59. The molecule has 3 aromatic carbocycles. The molecule has 2 N–H and O–H groups in total. The third-order valence-corrected chi connectivity index (χ3v) is 3.94. The van der Waals surface area contributed by atoms with Gasteiger partial charge < -0.3 is 9.84 Å². The number of aromatic hydroxyl groups is 1. The minimum absolute atomic E-state index is 0.0594. The van der Waals surface area contributed by atoms with Gasteiger partial charge in [-0.05, 0) is 59.7 Å². The summed E-state index contributed by atoms with van der Waals surface area (Å²) in [5.41, 5.74) is 3.26. The van der Waals surface area contributed by atoms with Crippen molar-refractivity contribution in [2.24, 2.45) is 5.10 Å². The van der Waals surface area contributed by atoms with E-state index in [1.54, 1.807) is 13.0 Å². The van der Waals surface area contributed by atoms with E-state index < -0.39 is 12.3 Å². The van der Waals surface area contributed by atoms with Gasteiger partial charge in [0.05, 0.1) is 11.3 Å². The standard InChI is InChI=1S/C20H15F3N2O3/c1-12(13-6-8-16(9-7-13)28-20(21,22)23)24-25-19(27)17-10-14-4-2-3-5-15(14)11-18(17)26/h2-11,26H,1H3,(H,25,27)/b24-12-. The van der Waals surface area contributed by atoms with Gasteiger partial charge in [0.15, 0.2) is 0 Å². The molecule has 28 heavy (non-hydrogen) atoms. The maximum absolute atomic E-state index is 12.3. The lowest BCUT2D eigenvalue weighted by Crippen LogP contribution is -2.19. The van der Waals surface area contributed by atoms with Crippen molar-refractivity contribution >= 4 is 22.4 Å². The molecule has 0 aliphatic heterocycles. The van der Waals surface area contributed by atoms with E-state index in [0.29, 0.717) is 11.3 Å². The third-order valence-electron chi connectivity index (χ3n) is 3.94. The minimum atomic E-state index is -4.76. The van der Waals surface area contributed by atoms with Gasteiger partial charge in [0, 0.05) is 0 Å². The highest BCUT2D eigenvalue weighted by Crippen LogP contribution is 2.25. The number of hydrazone groups is 1. The summed E-state index contributed by atoms with van der Waals surface area (Å²) in [6.07, 6.45) is -4.76. The zero-order valence-corrected chi connectivity index (χ0v) is 14.6. The van der Waals surface area contributed by atoms with Gasteiger partial charge >= 0.3 is 6.36 Å². The van der Waals surface area contributed by atoms with Crippen molar-refractivity contribution in [2.45, 2.75) is 13.3 Å². The van der Waals surface area contributed by atoms with Gasteiger partial charge in [0.25, 0.3) is 5.91 Å². The average molecular weight is 388 g/mol. The van der Waals surface area contributed by atoms with Gasteiger partial charge in [-0.15, -0.1) is 13.2 Å². The lowest BCUT2D eigenvalue weighted by Gasteiger charge is -2.09. The molecule has 0 aliphatic rings. The topological polar surface area (TPSA) is 70.9 Å². The summed E-state index contributed by atoms with van der Waals surface area (Å²) in [6.45, 7) is 1.58. The normalized spacial score (nSPS) is 12.1. The fraction of sp³-hybridized carbons (Fsp3) is 0.100. The summed E-state index contributed by atoms with van der Waals surface area (Å²) >= 11 is 0. The van der Waals surface area contributed by atoms with E-state index in [2.05, 4.69) is 15.3 Å². The fourth-order valence-electron chi connectivity index (χ4n) is 2.57. The van der Waals surface area contributed by atoms with Crippen LogP contribution in [0.25, 0.3) is 10.8 Å². The molecule has 0 aliphatic carbocycles. The Morgan fingerprint density at radius 3 is 2.25 bits per heavy atom. The Morgan fingerprint density at radius 2 is 1.64 bits per heavy atom. The number of hydrogen-bond donors (Lipinski definition) is 2. The number of carbonyl (C=O) groups excluding carboxylic acids is 1. The van der Waals surface area contributed by atoms with Crippen LogP contribution in [0.15, 0.2) is 65.8 Å². The molecule has 3 aromatic rings. The number of phenolic OH excluding ortho intramolecular Hbond substituents is 1. The van der Waals surface area contributed by atoms with E-state index in [1.807, 2.05) is 24.3 Å². The van der Waals surface area contributed by atoms with Gasteiger partial charge in [-0.3, -0.25) is 4.79 Å². The van der Waals surface area contributed by atoms with Gasteiger partial charge in [0.1, 0.15) is 11.5 Å². The number of hydrogen-bond acceptors (Lipinski definition) is 4. The second-order valence-electron chi connectivity index (χ2n) is 5.93. The number of ether oxygens (including phenoxy) is 1. The number of carbonyl (C=O) groups is 1. The summed E-state index contributed by atoms with van der Waals surface area (Å²) in [5, 5.41) is 15.6. The lowest BCUT2D eigenvalue weighted by molar-refractivity contribution is -0.274. The number of fused-ring (bicyclic) bond motifs is 1. The molecule has 0 aromatic heterocycles. The van der Waals surface area contributed by atoms with E-state index in [9.17, 15) is 23.1 Å². The van der Waals surface area contributed by atoms with Crippen LogP contribution < -0.4 is 10.2 Å². The van der Waals surface area contributed by atoms with E-state index in [0.717, 1.165) is 22.9 Å². The molecule has 0 saturated heterocycles. The van der Waals surface area contributed by atoms with Gasteiger partial charge in [-0.1, -0.05) is 24.3 Å². The van der Waals surface area contributed by atoms with Crippen molar-refractivity contribution in [3.05, 3.63) is 71.8 Å². The molecule has 0 fully saturated rings. The zero-order chi connectivity index (χ0) is 20.3. The number of nitrogens with one attached hydrogen (secondary N) is 1. The van der Waals surface area contributed by atoms with Crippen molar-refractivity contribution in [2.75, 3.05) is 0 Å². The Labute approximate surface area is 158 Å². The monoisotopic (exact) mass is 388 g/mol. The SMILES string of the molecule is C/C(=N/NC(=O)c1cc2ccccc2cc1O)c1ccc(OC(F)(F)F)cc1.